The van der Waals surface area contributed by atoms with Gasteiger partial charge in [0.05, 0.1) is 19.2 Å². The van der Waals surface area contributed by atoms with E-state index in [2.05, 4.69) is 15.7 Å². The maximum absolute atomic E-state index is 13.1. The molecule has 0 radical (unpaired) electrons. The molecule has 2 aromatic heterocycles. The average molecular weight is 473 g/mol. The van der Waals surface area contributed by atoms with Crippen LogP contribution in [0.3, 0.4) is 0 Å². The highest BCUT2D eigenvalue weighted by Gasteiger charge is 2.25. The minimum atomic E-state index is -0.336. The molecule has 6 nitrogen and oxygen atoms in total. The second-order valence-electron chi connectivity index (χ2n) is 7.72. The third-order valence-corrected chi connectivity index (χ3v) is 6.84. The number of carbonyl (C=O) groups is 1. The third kappa shape index (κ3) is 5.34. The number of hydrogen-bond acceptors (Lipinski definition) is 5. The highest BCUT2D eigenvalue weighted by molar-refractivity contribution is 7.80. The second-order valence-corrected chi connectivity index (χ2v) is 9.23. The number of benzene rings is 1. The van der Waals surface area contributed by atoms with Crippen LogP contribution in [0.4, 0.5) is 15.2 Å². The minimum Gasteiger partial charge on any atom is -0.465 e. The number of carbonyl (C=O) groups excluding carboxylic acids is 1. The Bertz CT molecular complexity index is 1110. The van der Waals surface area contributed by atoms with Crippen molar-refractivity contribution in [3.05, 3.63) is 63.9 Å². The number of halogens is 1. The van der Waals surface area contributed by atoms with Crippen LogP contribution in [-0.4, -0.2) is 28.0 Å². The van der Waals surface area contributed by atoms with Gasteiger partial charge in [-0.1, -0.05) is 25.0 Å². The predicted octanol–water partition coefficient (Wildman–Crippen LogP) is 5.39. The van der Waals surface area contributed by atoms with E-state index in [-0.39, 0.29) is 11.8 Å². The van der Waals surface area contributed by atoms with E-state index in [0.29, 0.717) is 28.0 Å². The van der Waals surface area contributed by atoms with Crippen LogP contribution in [0, 0.1) is 5.82 Å². The van der Waals surface area contributed by atoms with Crippen molar-refractivity contribution in [3.8, 4) is 0 Å². The van der Waals surface area contributed by atoms with Crippen LogP contribution in [0.2, 0.25) is 0 Å². The molecule has 2 N–H and O–H groups in total. The van der Waals surface area contributed by atoms with E-state index >= 15 is 0 Å². The lowest BCUT2D eigenvalue weighted by Crippen LogP contribution is -2.20. The van der Waals surface area contributed by atoms with Crippen molar-refractivity contribution in [2.75, 3.05) is 17.7 Å². The van der Waals surface area contributed by atoms with Crippen LogP contribution in [0.5, 0.6) is 0 Å². The van der Waals surface area contributed by atoms with E-state index < -0.39 is 0 Å². The molecule has 0 unspecified atom stereocenters. The molecule has 0 saturated heterocycles. The fraction of sp³-hybridized carbons (Fsp3) is 0.348. The third-order valence-electron chi connectivity index (χ3n) is 5.43. The molecule has 1 aliphatic rings. The zero-order chi connectivity index (χ0) is 22.5. The number of esters is 1. The van der Waals surface area contributed by atoms with Gasteiger partial charge in [0.25, 0.3) is 0 Å². The summed E-state index contributed by atoms with van der Waals surface area (Å²) in [6.45, 7) is 0.520. The number of hydrogen-bond donors (Lipinski definition) is 2. The Labute approximate surface area is 195 Å². The molecule has 9 heteroatoms. The van der Waals surface area contributed by atoms with Crippen molar-refractivity contribution < 1.29 is 13.9 Å². The van der Waals surface area contributed by atoms with E-state index in [4.69, 9.17) is 17.0 Å². The van der Waals surface area contributed by atoms with Crippen LogP contribution in [-0.2, 0) is 24.1 Å². The molecular weight excluding hydrogens is 447 g/mol. The van der Waals surface area contributed by atoms with Crippen molar-refractivity contribution in [2.24, 2.45) is 0 Å². The van der Waals surface area contributed by atoms with Gasteiger partial charge in [-0.25, -0.2) is 9.18 Å². The van der Waals surface area contributed by atoms with E-state index in [1.807, 2.05) is 12.3 Å². The van der Waals surface area contributed by atoms with E-state index in [1.165, 1.54) is 37.0 Å². The topological polar surface area (TPSA) is 68.2 Å². The molecule has 32 heavy (non-hydrogen) atoms. The molecule has 0 saturated carbocycles. The molecule has 0 spiro atoms. The van der Waals surface area contributed by atoms with Gasteiger partial charge < -0.3 is 15.4 Å². The van der Waals surface area contributed by atoms with Gasteiger partial charge in [-0.3, -0.25) is 4.68 Å². The number of rotatable bonds is 5. The van der Waals surface area contributed by atoms with Gasteiger partial charge in [-0.2, -0.15) is 5.10 Å². The number of thiocarbonyl (C=S) groups is 1. The zero-order valence-corrected chi connectivity index (χ0v) is 19.5. The number of anilines is 2. The highest BCUT2D eigenvalue weighted by atomic mass is 32.1. The van der Waals surface area contributed by atoms with E-state index in [1.54, 1.807) is 28.2 Å². The smallest absolute Gasteiger partial charge is 0.341 e. The van der Waals surface area contributed by atoms with Gasteiger partial charge in [0.15, 0.2) is 10.9 Å². The van der Waals surface area contributed by atoms with Gasteiger partial charge in [0.1, 0.15) is 10.8 Å². The van der Waals surface area contributed by atoms with Crippen LogP contribution in [0.25, 0.3) is 0 Å². The van der Waals surface area contributed by atoms with Crippen LogP contribution < -0.4 is 10.6 Å². The summed E-state index contributed by atoms with van der Waals surface area (Å²) in [4.78, 5) is 13.8. The summed E-state index contributed by atoms with van der Waals surface area (Å²) in [6.07, 6.45) is 8.27. The number of methoxy groups -OCH3 is 1. The number of ether oxygens (including phenoxy) is 1. The number of nitrogens with zero attached hydrogens (tertiary/aromatic N) is 2. The second kappa shape index (κ2) is 10.2. The summed E-state index contributed by atoms with van der Waals surface area (Å²) >= 11 is 7.07. The number of nitrogens with one attached hydrogen (secondary N) is 2. The lowest BCUT2D eigenvalue weighted by Gasteiger charge is -2.11. The lowest BCUT2D eigenvalue weighted by atomic mass is 9.96. The van der Waals surface area contributed by atoms with Crippen molar-refractivity contribution in [1.82, 2.24) is 9.78 Å². The monoisotopic (exact) mass is 472 g/mol. The van der Waals surface area contributed by atoms with Gasteiger partial charge in [-0.15, -0.1) is 11.3 Å². The van der Waals surface area contributed by atoms with Gasteiger partial charge in [0.2, 0.25) is 0 Å². The summed E-state index contributed by atoms with van der Waals surface area (Å²) in [5.74, 6) is -0.0167. The maximum atomic E-state index is 13.1. The Morgan fingerprint density at radius 1 is 1.16 bits per heavy atom. The van der Waals surface area contributed by atoms with Crippen molar-refractivity contribution >= 4 is 45.5 Å². The Morgan fingerprint density at radius 2 is 1.91 bits per heavy atom. The summed E-state index contributed by atoms with van der Waals surface area (Å²) in [6, 6.07) is 8.13. The lowest BCUT2D eigenvalue weighted by molar-refractivity contribution is 0.0601. The zero-order valence-electron chi connectivity index (χ0n) is 17.8. The first-order valence-corrected chi connectivity index (χ1v) is 11.8. The molecule has 0 amide bonds. The molecule has 4 rings (SSSR count). The molecule has 0 atom stereocenters. The molecular formula is C23H25FN4O2S2. The molecule has 1 aliphatic carbocycles. The molecule has 0 bridgehead atoms. The number of aryl methyl sites for hydroxylation is 1. The van der Waals surface area contributed by atoms with E-state index in [9.17, 15) is 9.18 Å². The van der Waals surface area contributed by atoms with Crippen molar-refractivity contribution in [1.29, 1.82) is 0 Å². The predicted molar refractivity (Wildman–Crippen MR) is 129 cm³/mol. The fourth-order valence-corrected chi connectivity index (χ4v) is 5.42. The van der Waals surface area contributed by atoms with Gasteiger partial charge in [0, 0.05) is 17.1 Å². The highest BCUT2D eigenvalue weighted by Crippen LogP contribution is 2.37. The molecule has 1 aromatic carbocycles. The van der Waals surface area contributed by atoms with Crippen LogP contribution >= 0.6 is 23.6 Å². The summed E-state index contributed by atoms with van der Waals surface area (Å²) in [5.41, 5.74) is 2.64. The standard InChI is InChI=1S/C23H25FN4O2S2/c1-30-22(29)20-17-6-4-2-3-5-7-18(17)32-21(20)26-23(31)25-19-12-13-28(27-19)14-15-8-10-16(24)11-9-15/h8-13H,2-7,14H2,1H3,(H2,25,26,27,31). The minimum absolute atomic E-state index is 0.263. The normalized spacial score (nSPS) is 13.6. The largest absolute Gasteiger partial charge is 0.465 e. The summed E-state index contributed by atoms with van der Waals surface area (Å²) < 4.78 is 19.9. The Kier molecular flexibility index (Phi) is 7.16. The number of fused-ring (bicyclic) bond motifs is 1. The molecule has 3 aromatic rings. The number of aromatic nitrogens is 2. The molecule has 168 valence electrons. The maximum Gasteiger partial charge on any atom is 0.341 e. The van der Waals surface area contributed by atoms with Crippen molar-refractivity contribution in [2.45, 2.75) is 45.1 Å². The Hall–Kier alpha value is -2.78. The number of thiophene rings is 1. The van der Waals surface area contributed by atoms with Gasteiger partial charge in [-0.05, 0) is 61.2 Å². The summed E-state index contributed by atoms with van der Waals surface area (Å²) in [5, 5.41) is 11.8. The molecule has 0 fully saturated rings. The van der Waals surface area contributed by atoms with Crippen LogP contribution in [0.1, 0.15) is 52.0 Å². The SMILES string of the molecule is COC(=O)c1c(NC(=S)Nc2ccn(Cc3ccc(F)cc3)n2)sc2c1CCCCCC2. The Balaban J connectivity index is 1.46. The van der Waals surface area contributed by atoms with Crippen molar-refractivity contribution in [3.63, 3.8) is 0 Å². The average Bonchev–Trinajstić information content (AvgIpc) is 3.33. The molecule has 0 aliphatic heterocycles. The van der Waals surface area contributed by atoms with Gasteiger partial charge >= 0.3 is 5.97 Å². The first kappa shape index (κ1) is 22.4. The van der Waals surface area contributed by atoms with E-state index in [0.717, 1.165) is 36.8 Å². The Morgan fingerprint density at radius 3 is 2.66 bits per heavy atom. The first-order chi connectivity index (χ1) is 15.5. The van der Waals surface area contributed by atoms with Crippen LogP contribution in [0.15, 0.2) is 36.5 Å². The quantitative estimate of drug-likeness (QED) is 0.384. The summed E-state index contributed by atoms with van der Waals surface area (Å²) in [7, 11) is 1.41. The molecule has 2 heterocycles. The first-order valence-electron chi connectivity index (χ1n) is 10.6. The fourth-order valence-electron chi connectivity index (χ4n) is 3.87.